The van der Waals surface area contributed by atoms with Crippen LogP contribution in [0.2, 0.25) is 0 Å². The maximum Gasteiger partial charge on any atom is 0.253 e. The van der Waals surface area contributed by atoms with Crippen LogP contribution in [0, 0.1) is 19.8 Å². The van der Waals surface area contributed by atoms with E-state index in [2.05, 4.69) is 15.0 Å². The van der Waals surface area contributed by atoms with Gasteiger partial charge in [0.05, 0.1) is 4.90 Å². The lowest BCUT2D eigenvalue weighted by Crippen LogP contribution is -2.49. The van der Waals surface area contributed by atoms with Crippen LogP contribution in [0.5, 0.6) is 11.5 Å². The Kier molecular flexibility index (Phi) is 6.71. The summed E-state index contributed by atoms with van der Waals surface area (Å²) in [5.74, 6) is -0.0318. The number of aryl methyl sites for hydroxylation is 2. The molecule has 2 heterocycles. The Morgan fingerprint density at radius 1 is 1.13 bits per heavy atom. The molecule has 1 aromatic carbocycles. The van der Waals surface area contributed by atoms with Gasteiger partial charge in [-0.3, -0.25) is 9.59 Å². The first kappa shape index (κ1) is 22.8. The van der Waals surface area contributed by atoms with Crippen LogP contribution in [0.15, 0.2) is 34.0 Å². The number of sulfonamides is 1. The summed E-state index contributed by atoms with van der Waals surface area (Å²) in [6.07, 6.45) is 0. The quantitative estimate of drug-likeness (QED) is 0.586. The molecule has 1 aromatic heterocycles. The number of hydrogen-bond acceptors (Lipinski definition) is 6. The Morgan fingerprint density at radius 2 is 1.81 bits per heavy atom. The van der Waals surface area contributed by atoms with Gasteiger partial charge in [0.1, 0.15) is 19.3 Å². The van der Waals surface area contributed by atoms with E-state index in [1.807, 2.05) is 6.07 Å². The molecule has 3 rings (SSSR count). The Bertz CT molecular complexity index is 1140. The molecule has 1 aliphatic heterocycles. The Morgan fingerprint density at radius 3 is 2.45 bits per heavy atom. The molecule has 1 unspecified atom stereocenters. The molecular weight excluding hydrogens is 422 g/mol. The van der Waals surface area contributed by atoms with Gasteiger partial charge in [-0.05, 0) is 43.5 Å². The van der Waals surface area contributed by atoms with Crippen molar-refractivity contribution >= 4 is 15.9 Å². The summed E-state index contributed by atoms with van der Waals surface area (Å²) in [7, 11) is -4.00. The molecule has 10 heteroatoms. The minimum atomic E-state index is -4.00. The van der Waals surface area contributed by atoms with Crippen molar-refractivity contribution < 1.29 is 22.7 Å². The van der Waals surface area contributed by atoms with Crippen LogP contribution in [0.3, 0.4) is 0 Å². The van der Waals surface area contributed by atoms with Crippen molar-refractivity contribution in [3.05, 3.63) is 51.4 Å². The average molecular weight is 450 g/mol. The summed E-state index contributed by atoms with van der Waals surface area (Å²) in [4.78, 5) is 27.6. The Balaban J connectivity index is 1.76. The van der Waals surface area contributed by atoms with Crippen LogP contribution in [-0.4, -0.2) is 38.6 Å². The largest absolute Gasteiger partial charge is 0.486 e. The molecule has 2 aromatic rings. The molecule has 1 aliphatic rings. The molecule has 31 heavy (non-hydrogen) atoms. The van der Waals surface area contributed by atoms with Crippen LogP contribution >= 0.6 is 0 Å². The van der Waals surface area contributed by atoms with Crippen LogP contribution in [0.4, 0.5) is 0 Å². The lowest BCUT2D eigenvalue weighted by Gasteiger charge is -2.23. The van der Waals surface area contributed by atoms with Gasteiger partial charge in [-0.15, -0.1) is 0 Å². The number of benzene rings is 1. The van der Waals surface area contributed by atoms with Gasteiger partial charge in [-0.25, -0.2) is 8.42 Å². The van der Waals surface area contributed by atoms with E-state index in [4.69, 9.17) is 9.47 Å². The highest BCUT2D eigenvalue weighted by molar-refractivity contribution is 7.89. The molecule has 0 radical (unpaired) electrons. The van der Waals surface area contributed by atoms with Gasteiger partial charge >= 0.3 is 0 Å². The smallest absolute Gasteiger partial charge is 0.253 e. The van der Waals surface area contributed by atoms with Gasteiger partial charge in [0.2, 0.25) is 15.9 Å². The minimum Gasteiger partial charge on any atom is -0.486 e. The second-order valence-corrected chi connectivity index (χ2v) is 9.52. The van der Waals surface area contributed by atoms with Crippen molar-refractivity contribution in [1.82, 2.24) is 15.0 Å². The van der Waals surface area contributed by atoms with Crippen molar-refractivity contribution in [2.45, 2.75) is 45.2 Å². The van der Waals surface area contributed by atoms with Crippen LogP contribution in [0.25, 0.3) is 0 Å². The van der Waals surface area contributed by atoms with Gasteiger partial charge in [-0.1, -0.05) is 13.8 Å². The molecule has 0 bridgehead atoms. The van der Waals surface area contributed by atoms with E-state index in [0.717, 1.165) is 11.3 Å². The number of amides is 1. The number of carbonyl (C=O) groups is 1. The highest BCUT2D eigenvalue weighted by Crippen LogP contribution is 2.32. The van der Waals surface area contributed by atoms with Crippen molar-refractivity contribution in [3.63, 3.8) is 0 Å². The number of rotatable bonds is 7. The summed E-state index contributed by atoms with van der Waals surface area (Å²) in [6.45, 7) is 7.76. The van der Waals surface area contributed by atoms with Crippen molar-refractivity contribution in [2.75, 3.05) is 13.2 Å². The van der Waals surface area contributed by atoms with Crippen LogP contribution in [0.1, 0.15) is 30.7 Å². The summed E-state index contributed by atoms with van der Waals surface area (Å²) in [5.41, 5.74) is 1.62. The van der Waals surface area contributed by atoms with E-state index in [-0.39, 0.29) is 22.9 Å². The molecule has 0 saturated heterocycles. The second-order valence-electron chi connectivity index (χ2n) is 7.81. The molecule has 0 aliphatic carbocycles. The molecule has 0 saturated carbocycles. The Hall–Kier alpha value is -2.85. The van der Waals surface area contributed by atoms with Gasteiger partial charge < -0.3 is 19.8 Å². The summed E-state index contributed by atoms with van der Waals surface area (Å²) in [5, 5.41) is 2.67. The lowest BCUT2D eigenvalue weighted by molar-refractivity contribution is -0.123. The number of aromatic nitrogens is 1. The predicted molar refractivity (Wildman–Crippen MR) is 115 cm³/mol. The fourth-order valence-corrected chi connectivity index (χ4v) is 4.66. The van der Waals surface area contributed by atoms with E-state index < -0.39 is 22.0 Å². The molecule has 0 spiro atoms. The maximum atomic E-state index is 12.9. The maximum absolute atomic E-state index is 12.9. The summed E-state index contributed by atoms with van der Waals surface area (Å²) in [6, 6.07) is 5.10. The second kappa shape index (κ2) is 9.11. The van der Waals surface area contributed by atoms with Crippen molar-refractivity contribution in [1.29, 1.82) is 0 Å². The molecular formula is C21H27N3O6S. The van der Waals surface area contributed by atoms with Gasteiger partial charge in [0, 0.05) is 23.9 Å². The first-order valence-corrected chi connectivity index (χ1v) is 11.5. The monoisotopic (exact) mass is 449 g/mol. The summed E-state index contributed by atoms with van der Waals surface area (Å²) >= 11 is 0. The molecule has 1 atom stereocenters. The zero-order valence-electron chi connectivity index (χ0n) is 17.9. The minimum absolute atomic E-state index is 0.00471. The Labute approximate surface area is 181 Å². The third-order valence-electron chi connectivity index (χ3n) is 4.99. The van der Waals surface area contributed by atoms with E-state index in [1.54, 1.807) is 27.7 Å². The first-order valence-electron chi connectivity index (χ1n) is 9.97. The molecule has 3 N–H and O–H groups in total. The van der Waals surface area contributed by atoms with Crippen molar-refractivity contribution in [3.8, 4) is 11.5 Å². The fraction of sp³-hybridized carbons (Fsp3) is 0.429. The lowest BCUT2D eigenvalue weighted by atomic mass is 10.0. The van der Waals surface area contributed by atoms with Gasteiger partial charge in [0.15, 0.2) is 11.5 Å². The average Bonchev–Trinajstić information content (AvgIpc) is 2.70. The predicted octanol–water partition coefficient (Wildman–Crippen LogP) is 1.38. The number of pyridine rings is 1. The number of nitrogens with one attached hydrogen (secondary N) is 3. The number of hydrogen-bond donors (Lipinski definition) is 3. The normalized spacial score (nSPS) is 14.4. The third-order valence-corrected chi connectivity index (χ3v) is 6.43. The fourth-order valence-electron chi connectivity index (χ4n) is 3.31. The zero-order valence-corrected chi connectivity index (χ0v) is 18.8. The van der Waals surface area contributed by atoms with Crippen LogP contribution < -0.4 is 25.1 Å². The number of carbonyl (C=O) groups excluding carboxylic acids is 1. The summed E-state index contributed by atoms with van der Waals surface area (Å²) < 4.78 is 39.2. The van der Waals surface area contributed by atoms with Gasteiger partial charge in [-0.2, -0.15) is 4.72 Å². The first-order chi connectivity index (χ1) is 14.6. The van der Waals surface area contributed by atoms with E-state index in [9.17, 15) is 18.0 Å². The van der Waals surface area contributed by atoms with E-state index >= 15 is 0 Å². The number of ether oxygens (including phenoxy) is 2. The molecule has 1 amide bonds. The third kappa shape index (κ3) is 5.26. The topological polar surface area (TPSA) is 127 Å². The molecule has 168 valence electrons. The number of fused-ring (bicyclic) bond motifs is 1. The highest BCUT2D eigenvalue weighted by Gasteiger charge is 2.29. The standard InChI is InChI=1S/C21H27N3O6S/c1-12(2)19(21(26)22-11-16-13(3)9-14(4)23-20(16)25)24-31(27,28)15-5-6-17-18(10-15)30-8-7-29-17/h5-6,9-10,12,19,24H,7-8,11H2,1-4H3,(H,22,26)(H,23,25). The van der Waals surface area contributed by atoms with Crippen LogP contribution in [-0.2, 0) is 21.4 Å². The molecule has 9 nitrogen and oxygen atoms in total. The zero-order chi connectivity index (χ0) is 22.8. The highest BCUT2D eigenvalue weighted by atomic mass is 32.2. The number of aromatic amines is 1. The van der Waals surface area contributed by atoms with Crippen molar-refractivity contribution in [2.24, 2.45) is 5.92 Å². The van der Waals surface area contributed by atoms with E-state index in [0.29, 0.717) is 30.3 Å². The SMILES string of the molecule is Cc1cc(C)c(CNC(=O)C(NS(=O)(=O)c2ccc3c(c2)OCCO3)C(C)C)c(=O)[nH]1. The molecule has 0 fully saturated rings. The number of H-pyrrole nitrogens is 1. The van der Waals surface area contributed by atoms with E-state index in [1.165, 1.54) is 18.2 Å². The van der Waals surface area contributed by atoms with Gasteiger partial charge in [0.25, 0.3) is 5.56 Å².